The van der Waals surface area contributed by atoms with E-state index in [2.05, 4.69) is 14.4 Å². The van der Waals surface area contributed by atoms with E-state index in [9.17, 15) is 8.42 Å². The van der Waals surface area contributed by atoms with Gasteiger partial charge in [0.2, 0.25) is 10.0 Å². The average Bonchev–Trinajstić information content (AvgIpc) is 3.23. The van der Waals surface area contributed by atoms with Gasteiger partial charge in [0.15, 0.2) is 0 Å². The summed E-state index contributed by atoms with van der Waals surface area (Å²) in [4.78, 5) is 4.07. The van der Waals surface area contributed by atoms with Crippen LogP contribution in [0.1, 0.15) is 51.3 Å². The van der Waals surface area contributed by atoms with Gasteiger partial charge in [-0.15, -0.1) is 0 Å². The Hall–Kier alpha value is -1.73. The van der Waals surface area contributed by atoms with Gasteiger partial charge in [0.05, 0.1) is 29.2 Å². The van der Waals surface area contributed by atoms with Crippen molar-refractivity contribution < 1.29 is 8.42 Å². The summed E-state index contributed by atoms with van der Waals surface area (Å²) >= 11 is 0. The lowest BCUT2D eigenvalue weighted by atomic mass is 10.1. The molecule has 0 unspecified atom stereocenters. The van der Waals surface area contributed by atoms with Crippen LogP contribution < -0.4 is 4.72 Å². The molecule has 2 aromatic heterocycles. The molecule has 0 bridgehead atoms. The van der Waals surface area contributed by atoms with Gasteiger partial charge >= 0.3 is 0 Å². The first kappa shape index (κ1) is 17.1. The molecule has 6 nitrogen and oxygen atoms in total. The topological polar surface area (TPSA) is 76.9 Å². The van der Waals surface area contributed by atoms with Crippen LogP contribution in [0.25, 0.3) is 11.3 Å². The highest BCUT2D eigenvalue weighted by Crippen LogP contribution is 2.33. The van der Waals surface area contributed by atoms with E-state index in [-0.39, 0.29) is 6.54 Å². The first-order valence-electron chi connectivity index (χ1n) is 8.44. The molecule has 0 spiro atoms. The van der Waals surface area contributed by atoms with E-state index in [0.29, 0.717) is 6.04 Å². The fourth-order valence-electron chi connectivity index (χ4n) is 3.04. The molecule has 0 radical (unpaired) electrons. The van der Waals surface area contributed by atoms with Gasteiger partial charge in [-0.3, -0.25) is 9.67 Å². The van der Waals surface area contributed by atoms with E-state index in [1.165, 1.54) is 12.8 Å². The maximum atomic E-state index is 12.0. The summed E-state index contributed by atoms with van der Waals surface area (Å²) in [5.74, 6) is 0. The highest BCUT2D eigenvalue weighted by Gasteiger charge is 2.23. The van der Waals surface area contributed by atoms with E-state index < -0.39 is 15.3 Å². The number of aromatic nitrogens is 3. The molecule has 1 aliphatic carbocycles. The second-order valence-corrected chi connectivity index (χ2v) is 8.88. The Morgan fingerprint density at radius 1 is 1.25 bits per heavy atom. The number of hydrogen-bond acceptors (Lipinski definition) is 4. The molecule has 0 saturated heterocycles. The normalized spacial score (nSPS) is 16.1. The second-order valence-electron chi connectivity index (χ2n) is 6.55. The molecule has 130 valence electrons. The van der Waals surface area contributed by atoms with Crippen molar-refractivity contribution in [2.45, 2.75) is 57.4 Å². The predicted octanol–water partition coefficient (Wildman–Crippen LogP) is 2.89. The van der Waals surface area contributed by atoms with E-state index in [4.69, 9.17) is 5.10 Å². The molecular formula is C17H24N4O2S. The predicted molar refractivity (Wildman–Crippen MR) is 93.9 cm³/mol. The molecule has 0 atom stereocenters. The fraction of sp³-hybridized carbons (Fsp3) is 0.529. The summed E-state index contributed by atoms with van der Waals surface area (Å²) < 4.78 is 28.6. The van der Waals surface area contributed by atoms with E-state index in [1.807, 2.05) is 18.2 Å². The van der Waals surface area contributed by atoms with Gasteiger partial charge in [-0.25, -0.2) is 13.1 Å². The maximum Gasteiger partial charge on any atom is 0.214 e. The summed E-state index contributed by atoms with van der Waals surface area (Å²) in [6.45, 7) is 3.56. The SMILES string of the molecule is CC(C)S(=O)(=O)NCc1cc(-c2ccncc2)n(C2CCCC2)n1. The largest absolute Gasteiger partial charge is 0.265 e. The minimum Gasteiger partial charge on any atom is -0.265 e. The molecule has 2 heterocycles. The molecule has 1 aliphatic rings. The highest BCUT2D eigenvalue weighted by atomic mass is 32.2. The van der Waals surface area contributed by atoms with Gasteiger partial charge in [-0.1, -0.05) is 12.8 Å². The molecule has 1 fully saturated rings. The zero-order chi connectivity index (χ0) is 17.2. The van der Waals surface area contributed by atoms with Crippen molar-refractivity contribution in [1.29, 1.82) is 0 Å². The third kappa shape index (κ3) is 3.67. The average molecular weight is 348 g/mol. The third-order valence-electron chi connectivity index (χ3n) is 4.51. The Balaban J connectivity index is 1.89. The molecular weight excluding hydrogens is 324 g/mol. The first-order chi connectivity index (χ1) is 11.5. The highest BCUT2D eigenvalue weighted by molar-refractivity contribution is 7.90. The van der Waals surface area contributed by atoms with Crippen LogP contribution in [0.4, 0.5) is 0 Å². The Morgan fingerprint density at radius 2 is 1.92 bits per heavy atom. The quantitative estimate of drug-likeness (QED) is 0.871. The lowest BCUT2D eigenvalue weighted by Gasteiger charge is -2.14. The standard InChI is InChI=1S/C17H24N4O2S/c1-13(2)24(22,23)19-12-15-11-17(14-7-9-18-10-8-14)21(20-15)16-5-3-4-6-16/h7-11,13,16,19H,3-6,12H2,1-2H3. The van der Waals surface area contributed by atoms with Crippen molar-refractivity contribution in [2.24, 2.45) is 0 Å². The number of rotatable bonds is 6. The fourth-order valence-corrected chi connectivity index (χ4v) is 3.72. The molecule has 3 rings (SSSR count). The Bertz CT molecular complexity index is 778. The minimum absolute atomic E-state index is 0.221. The molecule has 0 aromatic carbocycles. The number of hydrogen-bond donors (Lipinski definition) is 1. The molecule has 1 saturated carbocycles. The van der Waals surface area contributed by atoms with Crippen LogP contribution in [0.15, 0.2) is 30.6 Å². The minimum atomic E-state index is -3.29. The number of nitrogens with zero attached hydrogens (tertiary/aromatic N) is 3. The zero-order valence-corrected chi connectivity index (χ0v) is 15.0. The monoisotopic (exact) mass is 348 g/mol. The van der Waals surface area contributed by atoms with Gasteiger partial charge < -0.3 is 0 Å². The lowest BCUT2D eigenvalue weighted by Crippen LogP contribution is -2.30. The third-order valence-corrected chi connectivity index (χ3v) is 6.30. The van der Waals surface area contributed by atoms with E-state index in [1.54, 1.807) is 26.2 Å². The summed E-state index contributed by atoms with van der Waals surface area (Å²) in [6.07, 6.45) is 8.21. The second kappa shape index (κ2) is 7.03. The van der Waals surface area contributed by atoms with Gasteiger partial charge in [-0.2, -0.15) is 5.10 Å². The maximum absolute atomic E-state index is 12.0. The van der Waals surface area contributed by atoms with Gasteiger partial charge in [0.1, 0.15) is 0 Å². The Labute approximate surface area is 143 Å². The van der Waals surface area contributed by atoms with Crippen molar-refractivity contribution >= 4 is 10.0 Å². The van der Waals surface area contributed by atoms with Crippen molar-refractivity contribution in [3.8, 4) is 11.3 Å². The number of nitrogens with one attached hydrogen (secondary N) is 1. The van der Waals surface area contributed by atoms with Crippen LogP contribution >= 0.6 is 0 Å². The van der Waals surface area contributed by atoms with Crippen molar-refractivity contribution in [3.05, 3.63) is 36.3 Å². The molecule has 1 N–H and O–H groups in total. The van der Waals surface area contributed by atoms with Gasteiger partial charge in [-0.05, 0) is 44.9 Å². The Morgan fingerprint density at radius 3 is 2.54 bits per heavy atom. The summed E-state index contributed by atoms with van der Waals surface area (Å²) in [5, 5.41) is 4.25. The molecule has 7 heteroatoms. The lowest BCUT2D eigenvalue weighted by molar-refractivity contribution is 0.467. The summed E-state index contributed by atoms with van der Waals surface area (Å²) in [6, 6.07) is 6.30. The summed E-state index contributed by atoms with van der Waals surface area (Å²) in [5.41, 5.74) is 2.84. The van der Waals surface area contributed by atoms with Gasteiger partial charge in [0.25, 0.3) is 0 Å². The number of pyridine rings is 1. The van der Waals surface area contributed by atoms with Crippen molar-refractivity contribution in [1.82, 2.24) is 19.5 Å². The molecule has 2 aromatic rings. The Kier molecular flexibility index (Phi) is 5.01. The number of sulfonamides is 1. The smallest absolute Gasteiger partial charge is 0.214 e. The van der Waals surface area contributed by atoms with Crippen molar-refractivity contribution in [3.63, 3.8) is 0 Å². The van der Waals surface area contributed by atoms with Crippen LogP contribution in [0.3, 0.4) is 0 Å². The first-order valence-corrected chi connectivity index (χ1v) is 9.99. The van der Waals surface area contributed by atoms with Gasteiger partial charge in [0, 0.05) is 18.0 Å². The van der Waals surface area contributed by atoms with Crippen molar-refractivity contribution in [2.75, 3.05) is 0 Å². The van der Waals surface area contributed by atoms with Crippen LogP contribution in [0.5, 0.6) is 0 Å². The van der Waals surface area contributed by atoms with E-state index in [0.717, 1.165) is 29.8 Å². The zero-order valence-electron chi connectivity index (χ0n) is 14.1. The van der Waals surface area contributed by atoms with Crippen LogP contribution in [0, 0.1) is 0 Å². The molecule has 0 aliphatic heterocycles. The van der Waals surface area contributed by atoms with Crippen LogP contribution in [-0.2, 0) is 16.6 Å². The molecule has 0 amide bonds. The summed E-state index contributed by atoms with van der Waals surface area (Å²) in [7, 11) is -3.29. The van der Waals surface area contributed by atoms with E-state index >= 15 is 0 Å². The van der Waals surface area contributed by atoms with Crippen LogP contribution in [0.2, 0.25) is 0 Å². The molecule has 24 heavy (non-hydrogen) atoms. The van der Waals surface area contributed by atoms with Crippen LogP contribution in [-0.4, -0.2) is 28.4 Å².